The summed E-state index contributed by atoms with van der Waals surface area (Å²) in [6, 6.07) is 14.0. The molecule has 0 aliphatic carbocycles. The second-order valence-corrected chi connectivity index (χ2v) is 5.60. The summed E-state index contributed by atoms with van der Waals surface area (Å²) in [7, 11) is 1.60. The summed E-state index contributed by atoms with van der Waals surface area (Å²) >= 11 is 5.26. The zero-order valence-corrected chi connectivity index (χ0v) is 15.4. The largest absolute Gasteiger partial charge is 0.497 e. The van der Waals surface area contributed by atoms with Gasteiger partial charge in [0.2, 0.25) is 0 Å². The lowest BCUT2D eigenvalue weighted by Gasteiger charge is -2.21. The molecule has 25 heavy (non-hydrogen) atoms. The highest BCUT2D eigenvalue weighted by molar-refractivity contribution is 7.80. The highest BCUT2D eigenvalue weighted by Gasteiger charge is 2.10. The van der Waals surface area contributed by atoms with E-state index in [9.17, 15) is 4.79 Å². The van der Waals surface area contributed by atoms with Crippen LogP contribution in [0, 0.1) is 0 Å². The number of amides is 1. The number of nitrogens with zero attached hydrogens (tertiary/aromatic N) is 1. The molecule has 132 valence electrons. The summed E-state index contributed by atoms with van der Waals surface area (Å²) < 4.78 is 10.7. The lowest BCUT2D eigenvalue weighted by atomic mass is 10.2. The van der Waals surface area contributed by atoms with Crippen molar-refractivity contribution in [1.82, 2.24) is 4.90 Å². The Labute approximate surface area is 153 Å². The molecule has 2 aromatic rings. The fourth-order valence-electron chi connectivity index (χ4n) is 2.20. The van der Waals surface area contributed by atoms with Gasteiger partial charge in [0.25, 0.3) is 11.1 Å². The molecule has 6 heteroatoms. The summed E-state index contributed by atoms with van der Waals surface area (Å²) in [6.07, 6.45) is 0. The Kier molecular flexibility index (Phi) is 6.77. The summed E-state index contributed by atoms with van der Waals surface area (Å²) in [5, 5.41) is 3.27. The average Bonchev–Trinajstić information content (AvgIpc) is 2.64. The first-order valence-electron chi connectivity index (χ1n) is 8.09. The first-order chi connectivity index (χ1) is 12.1. The Morgan fingerprint density at radius 2 is 1.56 bits per heavy atom. The molecular formula is C19H22N2O3S. The molecule has 1 N–H and O–H groups in total. The van der Waals surface area contributed by atoms with Crippen LogP contribution in [0.15, 0.2) is 48.5 Å². The van der Waals surface area contributed by atoms with E-state index in [0.717, 1.165) is 18.8 Å². The smallest absolute Gasteiger partial charge is 0.264 e. The first-order valence-corrected chi connectivity index (χ1v) is 8.50. The lowest BCUT2D eigenvalue weighted by Crippen LogP contribution is -2.32. The second-order valence-electron chi connectivity index (χ2n) is 5.25. The van der Waals surface area contributed by atoms with Crippen molar-refractivity contribution in [3.63, 3.8) is 0 Å². The summed E-state index contributed by atoms with van der Waals surface area (Å²) in [5.74, 6) is 1.16. The maximum absolute atomic E-state index is 12.3. The number of rotatable bonds is 6. The summed E-state index contributed by atoms with van der Waals surface area (Å²) in [5.41, 5.74) is 1.24. The van der Waals surface area contributed by atoms with Crippen LogP contribution in [0.3, 0.4) is 0 Å². The number of nitrogens with one attached hydrogen (secondary N) is 1. The molecule has 5 nitrogen and oxygen atoms in total. The van der Waals surface area contributed by atoms with Gasteiger partial charge in [-0.1, -0.05) is 0 Å². The van der Waals surface area contributed by atoms with E-state index in [0.29, 0.717) is 22.2 Å². The van der Waals surface area contributed by atoms with Crippen molar-refractivity contribution in [2.24, 2.45) is 0 Å². The molecule has 0 saturated heterocycles. The van der Waals surface area contributed by atoms with Crippen LogP contribution in [-0.2, 0) is 0 Å². The Morgan fingerprint density at radius 3 is 2.08 bits per heavy atom. The third kappa shape index (κ3) is 5.19. The number of ether oxygens (including phenoxy) is 2. The fourth-order valence-corrected chi connectivity index (χ4v) is 2.55. The van der Waals surface area contributed by atoms with E-state index in [1.54, 1.807) is 55.6 Å². The standard InChI is InChI=1S/C19H22N2O3S/c1-4-21(5-2)19(25)24-17-10-6-14(7-11-17)18(22)20-15-8-12-16(23-3)13-9-15/h6-13H,4-5H2,1-3H3,(H,20,22). The topological polar surface area (TPSA) is 50.8 Å². The van der Waals surface area contributed by atoms with Crippen LogP contribution in [0.25, 0.3) is 0 Å². The van der Waals surface area contributed by atoms with Gasteiger partial charge in [0.1, 0.15) is 11.5 Å². The fraction of sp³-hybridized carbons (Fsp3) is 0.263. The van der Waals surface area contributed by atoms with Crippen LogP contribution in [-0.4, -0.2) is 36.2 Å². The van der Waals surface area contributed by atoms with Crippen LogP contribution < -0.4 is 14.8 Å². The van der Waals surface area contributed by atoms with Gasteiger partial charge in [-0.25, -0.2) is 0 Å². The average molecular weight is 358 g/mol. The normalized spacial score (nSPS) is 10.0. The highest BCUT2D eigenvalue weighted by Crippen LogP contribution is 2.17. The third-order valence-electron chi connectivity index (χ3n) is 3.69. The van der Waals surface area contributed by atoms with E-state index in [4.69, 9.17) is 21.7 Å². The maximum atomic E-state index is 12.3. The van der Waals surface area contributed by atoms with Gasteiger partial charge < -0.3 is 19.7 Å². The van der Waals surface area contributed by atoms with Crippen LogP contribution in [0.2, 0.25) is 0 Å². The predicted molar refractivity (Wildman–Crippen MR) is 104 cm³/mol. The van der Waals surface area contributed by atoms with E-state index in [2.05, 4.69) is 5.32 Å². The molecule has 0 radical (unpaired) electrons. The minimum absolute atomic E-state index is 0.192. The molecule has 0 spiro atoms. The maximum Gasteiger partial charge on any atom is 0.264 e. The van der Waals surface area contributed by atoms with Crippen LogP contribution in [0.1, 0.15) is 24.2 Å². The molecule has 0 aliphatic heterocycles. The highest BCUT2D eigenvalue weighted by atomic mass is 32.1. The number of benzene rings is 2. The Hall–Kier alpha value is -2.60. The minimum atomic E-state index is -0.192. The minimum Gasteiger partial charge on any atom is -0.497 e. The van der Waals surface area contributed by atoms with E-state index in [1.807, 2.05) is 18.7 Å². The van der Waals surface area contributed by atoms with Gasteiger partial charge in [-0.3, -0.25) is 4.79 Å². The number of hydrogen-bond acceptors (Lipinski definition) is 4. The predicted octanol–water partition coefficient (Wildman–Crippen LogP) is 3.95. The molecule has 0 aliphatic rings. The molecule has 0 atom stereocenters. The summed E-state index contributed by atoms with van der Waals surface area (Å²) in [6.45, 7) is 5.62. The van der Waals surface area contributed by atoms with Gasteiger partial charge >= 0.3 is 0 Å². The van der Waals surface area contributed by atoms with Gasteiger partial charge in [-0.15, -0.1) is 0 Å². The molecule has 0 bridgehead atoms. The van der Waals surface area contributed by atoms with Gasteiger partial charge in [0, 0.05) is 24.3 Å². The SMILES string of the molecule is CCN(CC)C(=S)Oc1ccc(C(=O)Nc2ccc(OC)cc2)cc1. The van der Waals surface area contributed by atoms with Crippen LogP contribution >= 0.6 is 12.2 Å². The molecule has 0 heterocycles. The Bertz CT molecular complexity index is 710. The van der Waals surface area contributed by atoms with Gasteiger partial charge in [0.15, 0.2) is 0 Å². The Morgan fingerprint density at radius 1 is 1.00 bits per heavy atom. The van der Waals surface area contributed by atoms with Crippen molar-refractivity contribution in [2.75, 3.05) is 25.5 Å². The van der Waals surface area contributed by atoms with Gasteiger partial charge in [0.05, 0.1) is 7.11 Å². The van der Waals surface area contributed by atoms with Crippen molar-refractivity contribution in [3.05, 3.63) is 54.1 Å². The van der Waals surface area contributed by atoms with E-state index < -0.39 is 0 Å². The molecular weight excluding hydrogens is 336 g/mol. The summed E-state index contributed by atoms with van der Waals surface area (Å²) in [4.78, 5) is 14.2. The zero-order valence-electron chi connectivity index (χ0n) is 14.6. The monoisotopic (exact) mass is 358 g/mol. The Balaban J connectivity index is 1.98. The first kappa shape index (κ1) is 18.7. The molecule has 1 amide bonds. The number of hydrogen-bond donors (Lipinski definition) is 1. The van der Waals surface area contributed by atoms with Gasteiger partial charge in [-0.2, -0.15) is 0 Å². The van der Waals surface area contributed by atoms with E-state index in [-0.39, 0.29) is 5.91 Å². The zero-order chi connectivity index (χ0) is 18.2. The number of thiocarbonyl (C=S) groups is 1. The van der Waals surface area contributed by atoms with Crippen molar-refractivity contribution < 1.29 is 14.3 Å². The lowest BCUT2D eigenvalue weighted by molar-refractivity contribution is 0.102. The van der Waals surface area contributed by atoms with E-state index >= 15 is 0 Å². The molecule has 0 saturated carbocycles. The van der Waals surface area contributed by atoms with Crippen molar-refractivity contribution in [3.8, 4) is 11.5 Å². The molecule has 0 aromatic heterocycles. The number of methoxy groups -OCH3 is 1. The number of carbonyl (C=O) groups excluding carboxylic acids is 1. The van der Waals surface area contributed by atoms with Crippen LogP contribution in [0.5, 0.6) is 11.5 Å². The number of anilines is 1. The second kappa shape index (κ2) is 9.03. The van der Waals surface area contributed by atoms with Crippen molar-refractivity contribution in [1.29, 1.82) is 0 Å². The molecule has 2 aromatic carbocycles. The van der Waals surface area contributed by atoms with Crippen LogP contribution in [0.4, 0.5) is 5.69 Å². The quantitative estimate of drug-likeness (QED) is 0.793. The molecule has 0 fully saturated rings. The molecule has 0 unspecified atom stereocenters. The van der Waals surface area contributed by atoms with Crippen molar-refractivity contribution in [2.45, 2.75) is 13.8 Å². The van der Waals surface area contributed by atoms with E-state index in [1.165, 1.54) is 0 Å². The van der Waals surface area contributed by atoms with Crippen molar-refractivity contribution >= 4 is 29.0 Å². The van der Waals surface area contributed by atoms with Gasteiger partial charge in [-0.05, 0) is 74.6 Å². The molecule has 2 rings (SSSR count). The number of carbonyl (C=O) groups is 1. The third-order valence-corrected chi connectivity index (χ3v) is 4.03.